The Hall–Kier alpha value is -4.58. The summed E-state index contributed by atoms with van der Waals surface area (Å²) in [7, 11) is 0. The van der Waals surface area contributed by atoms with Gasteiger partial charge in [-0.25, -0.2) is 9.97 Å². The van der Waals surface area contributed by atoms with E-state index in [-0.39, 0.29) is 16.9 Å². The van der Waals surface area contributed by atoms with Gasteiger partial charge in [-0.05, 0) is 96.8 Å². The zero-order valence-electron chi connectivity index (χ0n) is 20.7. The topological polar surface area (TPSA) is 92.5 Å². The maximum Gasteiger partial charge on any atom is 0.227 e. The third-order valence-corrected chi connectivity index (χ3v) is 7.82. The maximum atomic E-state index is 9.63. The molecular formula is C32H26N2O4. The van der Waals surface area contributed by atoms with E-state index in [0.717, 1.165) is 59.0 Å². The normalized spacial score (nSPS) is 15.3. The molecule has 1 aliphatic carbocycles. The molecule has 1 aliphatic rings. The average molecular weight is 503 g/mol. The molecule has 6 nitrogen and oxygen atoms in total. The van der Waals surface area contributed by atoms with E-state index in [1.54, 1.807) is 24.3 Å². The van der Waals surface area contributed by atoms with Crippen LogP contribution in [0.15, 0.2) is 93.8 Å². The van der Waals surface area contributed by atoms with E-state index >= 15 is 0 Å². The lowest BCUT2D eigenvalue weighted by Gasteiger charge is -2.38. The Labute approximate surface area is 219 Å². The molecule has 2 aromatic heterocycles. The molecule has 0 bridgehead atoms. The van der Waals surface area contributed by atoms with Gasteiger partial charge in [0.25, 0.3) is 0 Å². The van der Waals surface area contributed by atoms with Gasteiger partial charge in [0, 0.05) is 16.5 Å². The molecule has 2 heterocycles. The van der Waals surface area contributed by atoms with Crippen molar-refractivity contribution in [3.8, 4) is 34.4 Å². The summed E-state index contributed by atoms with van der Waals surface area (Å²) >= 11 is 0. The van der Waals surface area contributed by atoms with Crippen LogP contribution < -0.4 is 0 Å². The number of nitrogens with zero attached hydrogens (tertiary/aromatic N) is 2. The Kier molecular flexibility index (Phi) is 5.22. The van der Waals surface area contributed by atoms with Gasteiger partial charge in [-0.15, -0.1) is 0 Å². The number of fused-ring (bicyclic) bond motifs is 2. The van der Waals surface area contributed by atoms with Crippen molar-refractivity contribution in [3.05, 3.63) is 96.1 Å². The number of hydrogen-bond donors (Lipinski definition) is 2. The highest BCUT2D eigenvalue weighted by molar-refractivity contribution is 5.79. The molecule has 0 spiro atoms. The molecule has 4 aromatic carbocycles. The summed E-state index contributed by atoms with van der Waals surface area (Å²) in [5.74, 6) is 1.51. The smallest absolute Gasteiger partial charge is 0.227 e. The highest BCUT2D eigenvalue weighted by atomic mass is 16.4. The van der Waals surface area contributed by atoms with Crippen LogP contribution in [0.4, 0.5) is 0 Å². The van der Waals surface area contributed by atoms with Gasteiger partial charge in [0.05, 0.1) is 0 Å². The average Bonchev–Trinajstić information content (AvgIpc) is 3.58. The molecular weight excluding hydrogens is 476 g/mol. The number of aromatic nitrogens is 2. The summed E-state index contributed by atoms with van der Waals surface area (Å²) in [6.45, 7) is 0. The van der Waals surface area contributed by atoms with Gasteiger partial charge < -0.3 is 19.0 Å². The van der Waals surface area contributed by atoms with E-state index in [0.29, 0.717) is 11.8 Å². The van der Waals surface area contributed by atoms with Crippen molar-refractivity contribution in [1.29, 1.82) is 0 Å². The van der Waals surface area contributed by atoms with Crippen LogP contribution in [0.1, 0.15) is 43.2 Å². The third-order valence-electron chi connectivity index (χ3n) is 7.82. The Balaban J connectivity index is 1.30. The largest absolute Gasteiger partial charge is 0.508 e. The first-order chi connectivity index (χ1) is 18.6. The van der Waals surface area contributed by atoms with Crippen molar-refractivity contribution in [1.82, 2.24) is 9.97 Å². The van der Waals surface area contributed by atoms with Crippen molar-refractivity contribution < 1.29 is 19.0 Å². The van der Waals surface area contributed by atoms with Crippen molar-refractivity contribution >= 4 is 22.2 Å². The lowest BCUT2D eigenvalue weighted by atomic mass is 9.65. The number of rotatable bonds is 4. The number of oxazole rings is 2. The number of phenolic OH excluding ortho intramolecular Hbond substituents is 2. The Morgan fingerprint density at radius 2 is 1.00 bits per heavy atom. The van der Waals surface area contributed by atoms with Gasteiger partial charge in [-0.1, -0.05) is 31.4 Å². The molecule has 188 valence electrons. The summed E-state index contributed by atoms with van der Waals surface area (Å²) in [6.07, 6.45) is 5.65. The molecule has 0 atom stereocenters. The predicted octanol–water partition coefficient (Wildman–Crippen LogP) is 7.96. The van der Waals surface area contributed by atoms with Gasteiger partial charge in [0.15, 0.2) is 11.2 Å². The van der Waals surface area contributed by atoms with Gasteiger partial charge in [0.2, 0.25) is 11.8 Å². The first kappa shape index (κ1) is 22.6. The van der Waals surface area contributed by atoms with Crippen molar-refractivity contribution in [3.63, 3.8) is 0 Å². The van der Waals surface area contributed by atoms with E-state index in [4.69, 9.17) is 18.8 Å². The fraction of sp³-hybridized carbons (Fsp3) is 0.188. The predicted molar refractivity (Wildman–Crippen MR) is 146 cm³/mol. The molecule has 1 saturated carbocycles. The van der Waals surface area contributed by atoms with Crippen LogP contribution >= 0.6 is 0 Å². The minimum absolute atomic E-state index is 0.143. The number of hydrogen-bond acceptors (Lipinski definition) is 6. The summed E-state index contributed by atoms with van der Waals surface area (Å²) in [5.41, 5.74) is 7.12. The van der Waals surface area contributed by atoms with Gasteiger partial charge in [0.1, 0.15) is 22.5 Å². The highest BCUT2D eigenvalue weighted by Gasteiger charge is 2.36. The summed E-state index contributed by atoms with van der Waals surface area (Å²) in [6, 6.07) is 26.5. The molecule has 6 heteroatoms. The monoisotopic (exact) mass is 502 g/mol. The molecule has 0 unspecified atom stereocenters. The van der Waals surface area contributed by atoms with Crippen LogP contribution in [0.3, 0.4) is 0 Å². The lowest BCUT2D eigenvalue weighted by Crippen LogP contribution is -2.30. The zero-order chi connectivity index (χ0) is 25.7. The zero-order valence-corrected chi connectivity index (χ0v) is 20.7. The molecule has 0 radical (unpaired) electrons. The van der Waals surface area contributed by atoms with Crippen LogP contribution in [0.2, 0.25) is 0 Å². The molecule has 0 saturated heterocycles. The maximum absolute atomic E-state index is 9.63. The minimum atomic E-state index is -0.143. The van der Waals surface area contributed by atoms with E-state index < -0.39 is 0 Å². The highest BCUT2D eigenvalue weighted by Crippen LogP contribution is 2.46. The second-order valence-corrected chi connectivity index (χ2v) is 10.1. The van der Waals surface area contributed by atoms with E-state index in [9.17, 15) is 10.2 Å². The summed E-state index contributed by atoms with van der Waals surface area (Å²) < 4.78 is 12.1. The van der Waals surface area contributed by atoms with Crippen LogP contribution in [-0.4, -0.2) is 20.2 Å². The fourth-order valence-corrected chi connectivity index (χ4v) is 5.80. The molecule has 6 aromatic rings. The number of aromatic hydroxyl groups is 2. The van der Waals surface area contributed by atoms with Crippen molar-refractivity contribution in [2.45, 2.75) is 37.5 Å². The first-order valence-corrected chi connectivity index (χ1v) is 13.0. The van der Waals surface area contributed by atoms with Crippen molar-refractivity contribution in [2.24, 2.45) is 0 Å². The minimum Gasteiger partial charge on any atom is -0.508 e. The fourth-order valence-electron chi connectivity index (χ4n) is 5.80. The van der Waals surface area contributed by atoms with E-state index in [1.165, 1.54) is 17.5 Å². The lowest BCUT2D eigenvalue weighted by molar-refractivity contribution is 0.346. The van der Waals surface area contributed by atoms with Gasteiger partial charge in [-0.2, -0.15) is 0 Å². The Bertz CT molecular complexity index is 1630. The number of benzene rings is 4. The van der Waals surface area contributed by atoms with E-state index in [1.807, 2.05) is 36.4 Å². The molecule has 0 aliphatic heterocycles. The Morgan fingerprint density at radius 3 is 1.45 bits per heavy atom. The van der Waals surface area contributed by atoms with Crippen molar-refractivity contribution in [2.75, 3.05) is 0 Å². The molecule has 1 fully saturated rings. The SMILES string of the molecule is Oc1ccc(-c2nc3cc(C4(c5ccc6oc(-c7ccc(O)cc7)nc6c5)CCCCC4)ccc3o2)cc1. The molecule has 7 rings (SSSR count). The van der Waals surface area contributed by atoms with Crippen LogP contribution in [-0.2, 0) is 5.41 Å². The first-order valence-electron chi connectivity index (χ1n) is 13.0. The van der Waals surface area contributed by atoms with Crippen LogP contribution in [0, 0.1) is 0 Å². The number of phenols is 2. The molecule has 2 N–H and O–H groups in total. The second-order valence-electron chi connectivity index (χ2n) is 10.1. The molecule has 38 heavy (non-hydrogen) atoms. The third kappa shape index (κ3) is 3.80. The van der Waals surface area contributed by atoms with Crippen LogP contribution in [0.5, 0.6) is 11.5 Å². The quantitative estimate of drug-likeness (QED) is 0.254. The summed E-state index contributed by atoms with van der Waals surface area (Å²) in [5, 5.41) is 19.3. The molecule has 0 amide bonds. The Morgan fingerprint density at radius 1 is 0.553 bits per heavy atom. The standard InChI is InChI=1S/C32H26N2O4/c35-24-10-4-20(5-11-24)30-33-26-18-22(8-14-28(26)37-30)32(16-2-1-3-17-32)23-9-15-29-27(19-23)34-31(38-29)21-6-12-25(36)13-7-21/h4-15,18-19,35-36H,1-3,16-17H2. The van der Waals surface area contributed by atoms with Crippen LogP contribution in [0.25, 0.3) is 45.1 Å². The van der Waals surface area contributed by atoms with Gasteiger partial charge >= 0.3 is 0 Å². The summed E-state index contributed by atoms with van der Waals surface area (Å²) in [4.78, 5) is 9.58. The van der Waals surface area contributed by atoms with Gasteiger partial charge in [-0.3, -0.25) is 0 Å². The second kappa shape index (κ2) is 8.77. The van der Waals surface area contributed by atoms with E-state index in [2.05, 4.69) is 24.3 Å².